The number of nitrogens with zero attached hydrogens (tertiary/aromatic N) is 3. The van der Waals surface area contributed by atoms with E-state index in [0.717, 1.165) is 6.42 Å². The Balaban J connectivity index is 2.17. The molecule has 1 aromatic rings. The highest BCUT2D eigenvalue weighted by atomic mass is 32.2. The number of nitrogens with one attached hydrogen (secondary N) is 1. The predicted molar refractivity (Wildman–Crippen MR) is 77.9 cm³/mol. The minimum atomic E-state index is -3.66. The molecule has 1 aliphatic rings. The molecule has 1 amide bonds. The Morgan fingerprint density at radius 3 is 2.90 bits per heavy atom. The summed E-state index contributed by atoms with van der Waals surface area (Å²) in [6, 6.07) is -0.149. The summed E-state index contributed by atoms with van der Waals surface area (Å²) in [6.45, 7) is 4.65. The van der Waals surface area contributed by atoms with Gasteiger partial charge < -0.3 is 11.1 Å². The second-order valence-corrected chi connectivity index (χ2v) is 7.10. The standard InChI is InChI=1S/C12H21N5O3S/c1-3-5-16-8-11(12(13)15-16)21(19,20)17-6-4-10(7-17)14-9(2)18/h8,10H,3-7H2,1-2H3,(H2,13,15)(H,14,18). The number of aromatic nitrogens is 2. The molecular formula is C12H21N5O3S. The zero-order chi connectivity index (χ0) is 15.6. The molecule has 0 bridgehead atoms. The van der Waals surface area contributed by atoms with Gasteiger partial charge in [-0.2, -0.15) is 9.40 Å². The minimum absolute atomic E-state index is 0.0198. The first-order valence-corrected chi connectivity index (χ1v) is 8.38. The van der Waals surface area contributed by atoms with Gasteiger partial charge in [-0.15, -0.1) is 0 Å². The highest BCUT2D eigenvalue weighted by molar-refractivity contribution is 7.89. The highest BCUT2D eigenvalue weighted by Crippen LogP contribution is 2.24. The highest BCUT2D eigenvalue weighted by Gasteiger charge is 2.35. The van der Waals surface area contributed by atoms with Crippen LogP contribution in [0.2, 0.25) is 0 Å². The number of rotatable bonds is 5. The van der Waals surface area contributed by atoms with Crippen LogP contribution >= 0.6 is 0 Å². The first-order chi connectivity index (χ1) is 9.84. The van der Waals surface area contributed by atoms with Gasteiger partial charge in [0.2, 0.25) is 15.9 Å². The summed E-state index contributed by atoms with van der Waals surface area (Å²) >= 11 is 0. The molecule has 0 spiro atoms. The van der Waals surface area contributed by atoms with Crippen LogP contribution in [0, 0.1) is 0 Å². The molecule has 2 heterocycles. The zero-order valence-corrected chi connectivity index (χ0v) is 13.1. The molecule has 1 unspecified atom stereocenters. The van der Waals surface area contributed by atoms with E-state index in [1.54, 1.807) is 4.68 Å². The van der Waals surface area contributed by atoms with Gasteiger partial charge in [-0.05, 0) is 12.8 Å². The van der Waals surface area contributed by atoms with E-state index in [1.807, 2.05) is 6.92 Å². The molecule has 3 N–H and O–H groups in total. The fraction of sp³-hybridized carbons (Fsp3) is 0.667. The van der Waals surface area contributed by atoms with Crippen molar-refractivity contribution in [2.24, 2.45) is 0 Å². The topological polar surface area (TPSA) is 110 Å². The fourth-order valence-electron chi connectivity index (χ4n) is 2.45. The number of nitrogens with two attached hydrogens (primary N) is 1. The van der Waals surface area contributed by atoms with E-state index in [-0.39, 0.29) is 29.2 Å². The SMILES string of the molecule is CCCn1cc(S(=O)(=O)N2CCC(NC(C)=O)C2)c(N)n1. The second kappa shape index (κ2) is 6.02. The van der Waals surface area contributed by atoms with Crippen molar-refractivity contribution in [2.45, 2.75) is 44.2 Å². The molecule has 1 fully saturated rings. The van der Waals surface area contributed by atoms with Crippen molar-refractivity contribution in [1.29, 1.82) is 0 Å². The normalized spacial score (nSPS) is 19.8. The van der Waals surface area contributed by atoms with Crippen LogP contribution in [-0.4, -0.2) is 47.5 Å². The van der Waals surface area contributed by atoms with Crippen LogP contribution < -0.4 is 11.1 Å². The zero-order valence-electron chi connectivity index (χ0n) is 12.2. The van der Waals surface area contributed by atoms with E-state index in [9.17, 15) is 13.2 Å². The first kappa shape index (κ1) is 15.8. The van der Waals surface area contributed by atoms with Gasteiger partial charge in [0.05, 0.1) is 0 Å². The molecule has 2 rings (SSSR count). The number of carbonyl (C=O) groups excluding carboxylic acids is 1. The molecule has 1 aliphatic heterocycles. The third kappa shape index (κ3) is 3.35. The fourth-order valence-corrected chi connectivity index (χ4v) is 4.01. The van der Waals surface area contributed by atoms with Crippen molar-refractivity contribution < 1.29 is 13.2 Å². The van der Waals surface area contributed by atoms with Crippen LogP contribution in [0.5, 0.6) is 0 Å². The van der Waals surface area contributed by atoms with Crippen molar-refractivity contribution >= 4 is 21.7 Å². The van der Waals surface area contributed by atoms with Crippen molar-refractivity contribution in [2.75, 3.05) is 18.8 Å². The number of carbonyl (C=O) groups is 1. The third-order valence-electron chi connectivity index (χ3n) is 3.38. The van der Waals surface area contributed by atoms with Gasteiger partial charge in [0, 0.05) is 38.8 Å². The van der Waals surface area contributed by atoms with E-state index in [0.29, 0.717) is 19.5 Å². The summed E-state index contributed by atoms with van der Waals surface area (Å²) in [6.07, 6.45) is 2.91. The average molecular weight is 315 g/mol. The number of hydrogen-bond donors (Lipinski definition) is 2. The molecular weight excluding hydrogens is 294 g/mol. The van der Waals surface area contributed by atoms with E-state index in [1.165, 1.54) is 17.4 Å². The lowest BCUT2D eigenvalue weighted by Gasteiger charge is -2.16. The van der Waals surface area contributed by atoms with Gasteiger partial charge in [-0.3, -0.25) is 9.48 Å². The van der Waals surface area contributed by atoms with Crippen LogP contribution in [0.25, 0.3) is 0 Å². The van der Waals surface area contributed by atoms with Crippen LogP contribution in [0.15, 0.2) is 11.1 Å². The summed E-state index contributed by atoms with van der Waals surface area (Å²) in [7, 11) is -3.66. The molecule has 9 heteroatoms. The van der Waals surface area contributed by atoms with Crippen LogP contribution in [-0.2, 0) is 21.4 Å². The molecule has 0 aromatic carbocycles. The summed E-state index contributed by atoms with van der Waals surface area (Å²) in [5.74, 6) is -0.138. The van der Waals surface area contributed by atoms with Gasteiger partial charge in [-0.1, -0.05) is 6.92 Å². The van der Waals surface area contributed by atoms with Gasteiger partial charge in [-0.25, -0.2) is 8.42 Å². The predicted octanol–water partition coefficient (Wildman–Crippen LogP) is -0.226. The molecule has 0 radical (unpaired) electrons. The van der Waals surface area contributed by atoms with E-state index in [4.69, 9.17) is 5.73 Å². The van der Waals surface area contributed by atoms with Crippen molar-refractivity contribution in [3.63, 3.8) is 0 Å². The number of aryl methyl sites for hydroxylation is 1. The Morgan fingerprint density at radius 1 is 1.57 bits per heavy atom. The summed E-state index contributed by atoms with van der Waals surface area (Å²) < 4.78 is 28.1. The number of sulfonamides is 1. The second-order valence-electron chi connectivity index (χ2n) is 5.19. The van der Waals surface area contributed by atoms with Crippen molar-refractivity contribution in [3.05, 3.63) is 6.20 Å². The molecule has 118 valence electrons. The molecule has 0 aliphatic carbocycles. The van der Waals surface area contributed by atoms with E-state index < -0.39 is 10.0 Å². The lowest BCUT2D eigenvalue weighted by Crippen LogP contribution is -2.37. The van der Waals surface area contributed by atoms with E-state index in [2.05, 4.69) is 10.4 Å². The van der Waals surface area contributed by atoms with Gasteiger partial charge in [0.25, 0.3) is 0 Å². The molecule has 0 saturated carbocycles. The number of amides is 1. The molecule has 1 atom stereocenters. The minimum Gasteiger partial charge on any atom is -0.381 e. The molecule has 21 heavy (non-hydrogen) atoms. The monoisotopic (exact) mass is 315 g/mol. The Morgan fingerprint density at radius 2 is 2.29 bits per heavy atom. The summed E-state index contributed by atoms with van der Waals surface area (Å²) in [4.78, 5) is 11.1. The molecule has 8 nitrogen and oxygen atoms in total. The Labute approximate surface area is 124 Å². The van der Waals surface area contributed by atoms with E-state index >= 15 is 0 Å². The first-order valence-electron chi connectivity index (χ1n) is 6.94. The van der Waals surface area contributed by atoms with Gasteiger partial charge in [0.15, 0.2) is 5.82 Å². The molecule has 1 aromatic heterocycles. The maximum absolute atomic E-state index is 12.6. The van der Waals surface area contributed by atoms with Crippen molar-refractivity contribution in [3.8, 4) is 0 Å². The maximum Gasteiger partial charge on any atom is 0.248 e. The van der Waals surface area contributed by atoms with Gasteiger partial charge >= 0.3 is 0 Å². The summed E-state index contributed by atoms with van der Waals surface area (Å²) in [5, 5.41) is 6.76. The van der Waals surface area contributed by atoms with Crippen LogP contribution in [0.3, 0.4) is 0 Å². The van der Waals surface area contributed by atoms with Crippen LogP contribution in [0.4, 0.5) is 5.82 Å². The number of nitrogen functional groups attached to an aromatic ring is 1. The average Bonchev–Trinajstić information content (AvgIpc) is 2.96. The van der Waals surface area contributed by atoms with Crippen LogP contribution in [0.1, 0.15) is 26.7 Å². The summed E-state index contributed by atoms with van der Waals surface area (Å²) in [5.41, 5.74) is 5.73. The quantitative estimate of drug-likeness (QED) is 0.780. The number of hydrogen-bond acceptors (Lipinski definition) is 5. The Bertz CT molecular complexity index is 625. The lowest BCUT2D eigenvalue weighted by atomic mass is 10.3. The third-order valence-corrected chi connectivity index (χ3v) is 5.27. The Kier molecular flexibility index (Phi) is 4.52. The Hall–Kier alpha value is -1.61. The maximum atomic E-state index is 12.6. The number of anilines is 1. The van der Waals surface area contributed by atoms with Crippen molar-refractivity contribution in [1.82, 2.24) is 19.4 Å². The van der Waals surface area contributed by atoms with Gasteiger partial charge in [0.1, 0.15) is 4.90 Å². The molecule has 1 saturated heterocycles. The smallest absolute Gasteiger partial charge is 0.248 e. The lowest BCUT2D eigenvalue weighted by molar-refractivity contribution is -0.119. The largest absolute Gasteiger partial charge is 0.381 e.